The quantitative estimate of drug-likeness (QED) is 0.635. The average molecular weight is 309 g/mol. The molecule has 0 saturated carbocycles. The van der Waals surface area contributed by atoms with Crippen molar-refractivity contribution in [2.24, 2.45) is 5.73 Å². The van der Waals surface area contributed by atoms with E-state index in [4.69, 9.17) is 18.0 Å². The third-order valence-electron chi connectivity index (χ3n) is 3.60. The number of carbonyl (C=O) groups is 2. The molecule has 112 valence electrons. The molecule has 1 heterocycles. The first-order valence-electron chi connectivity index (χ1n) is 6.39. The van der Waals surface area contributed by atoms with Gasteiger partial charge in [-0.05, 0) is 31.5 Å². The van der Waals surface area contributed by atoms with Gasteiger partial charge in [-0.1, -0.05) is 18.3 Å². The van der Waals surface area contributed by atoms with Crippen molar-refractivity contribution in [3.8, 4) is 0 Å². The number of hydrogen-bond acceptors (Lipinski definition) is 4. The van der Waals surface area contributed by atoms with E-state index in [9.17, 15) is 14.0 Å². The third-order valence-corrected chi connectivity index (χ3v) is 3.82. The van der Waals surface area contributed by atoms with Gasteiger partial charge in [-0.15, -0.1) is 0 Å². The molecule has 21 heavy (non-hydrogen) atoms. The summed E-state index contributed by atoms with van der Waals surface area (Å²) in [6.07, 6.45) is 0. The van der Waals surface area contributed by atoms with Crippen molar-refractivity contribution in [3.05, 3.63) is 35.1 Å². The zero-order chi connectivity index (χ0) is 15.8. The lowest BCUT2D eigenvalue weighted by Crippen LogP contribution is -2.63. The molecule has 2 amide bonds. The maximum Gasteiger partial charge on any atom is 0.246 e. The molecule has 0 bridgehead atoms. The smallest absolute Gasteiger partial charge is 0.246 e. The Morgan fingerprint density at radius 1 is 1.48 bits per heavy atom. The maximum absolute atomic E-state index is 13.6. The highest BCUT2D eigenvalue weighted by Crippen LogP contribution is 2.22. The highest BCUT2D eigenvalue weighted by molar-refractivity contribution is 7.80. The number of imide groups is 1. The Morgan fingerprint density at radius 3 is 2.76 bits per heavy atom. The molecular weight excluding hydrogens is 293 g/mol. The summed E-state index contributed by atoms with van der Waals surface area (Å²) in [5.41, 5.74) is 5.54. The minimum atomic E-state index is -0.828. The van der Waals surface area contributed by atoms with Crippen LogP contribution in [0.15, 0.2) is 18.2 Å². The second kappa shape index (κ2) is 5.50. The minimum absolute atomic E-state index is 0.0268. The van der Waals surface area contributed by atoms with E-state index in [0.717, 1.165) is 5.56 Å². The lowest BCUT2D eigenvalue weighted by atomic mass is 9.97. The van der Waals surface area contributed by atoms with E-state index in [-0.39, 0.29) is 28.9 Å². The Balaban J connectivity index is 2.28. The van der Waals surface area contributed by atoms with E-state index in [1.807, 2.05) is 0 Å². The number of benzene rings is 1. The van der Waals surface area contributed by atoms with Gasteiger partial charge in [0.15, 0.2) is 0 Å². The Kier molecular flexibility index (Phi) is 4.06. The summed E-state index contributed by atoms with van der Waals surface area (Å²) in [4.78, 5) is 25.1. The summed E-state index contributed by atoms with van der Waals surface area (Å²) in [6.45, 7) is 3.88. The minimum Gasteiger partial charge on any atom is -0.389 e. The van der Waals surface area contributed by atoms with Crippen LogP contribution in [0.5, 0.6) is 0 Å². The van der Waals surface area contributed by atoms with Gasteiger partial charge in [0.2, 0.25) is 11.8 Å². The molecule has 1 saturated heterocycles. The van der Waals surface area contributed by atoms with E-state index < -0.39 is 11.4 Å². The van der Waals surface area contributed by atoms with Gasteiger partial charge in [-0.3, -0.25) is 19.8 Å². The SMILES string of the molecule is CC1(C)C(=O)NC(=O)CN1Cc1ccc(F)c(C(N)=S)c1. The Bertz CT molecular complexity index is 631. The summed E-state index contributed by atoms with van der Waals surface area (Å²) in [6, 6.07) is 4.41. The second-order valence-electron chi connectivity index (χ2n) is 5.47. The van der Waals surface area contributed by atoms with Gasteiger partial charge in [0.1, 0.15) is 10.8 Å². The number of amides is 2. The lowest BCUT2D eigenvalue weighted by Gasteiger charge is -2.40. The molecular formula is C14H16FN3O2S. The number of carbonyl (C=O) groups excluding carboxylic acids is 2. The molecule has 0 unspecified atom stereocenters. The van der Waals surface area contributed by atoms with Crippen LogP contribution in [0.3, 0.4) is 0 Å². The zero-order valence-corrected chi connectivity index (χ0v) is 12.6. The monoisotopic (exact) mass is 309 g/mol. The van der Waals surface area contributed by atoms with Crippen LogP contribution in [-0.4, -0.2) is 33.8 Å². The van der Waals surface area contributed by atoms with Gasteiger partial charge in [0.25, 0.3) is 0 Å². The average Bonchev–Trinajstić information content (AvgIpc) is 2.38. The fraction of sp³-hybridized carbons (Fsp3) is 0.357. The number of halogens is 1. The topological polar surface area (TPSA) is 75.4 Å². The zero-order valence-electron chi connectivity index (χ0n) is 11.8. The molecule has 0 aliphatic carbocycles. The normalized spacial score (nSPS) is 18.4. The van der Waals surface area contributed by atoms with E-state index in [2.05, 4.69) is 5.32 Å². The summed E-state index contributed by atoms with van der Waals surface area (Å²) in [5.74, 6) is -1.19. The summed E-state index contributed by atoms with van der Waals surface area (Å²) in [5, 5.41) is 2.30. The third kappa shape index (κ3) is 3.08. The number of piperazine rings is 1. The number of thiocarbonyl (C=S) groups is 1. The molecule has 1 fully saturated rings. The van der Waals surface area contributed by atoms with E-state index in [0.29, 0.717) is 6.54 Å². The maximum atomic E-state index is 13.6. The molecule has 1 aromatic carbocycles. The molecule has 7 heteroatoms. The van der Waals surface area contributed by atoms with Gasteiger partial charge >= 0.3 is 0 Å². The van der Waals surface area contributed by atoms with Crippen LogP contribution in [0.1, 0.15) is 25.0 Å². The van der Waals surface area contributed by atoms with Gasteiger partial charge in [0, 0.05) is 12.1 Å². The summed E-state index contributed by atoms with van der Waals surface area (Å²) >= 11 is 4.80. The van der Waals surface area contributed by atoms with Crippen molar-refractivity contribution < 1.29 is 14.0 Å². The molecule has 0 spiro atoms. The van der Waals surface area contributed by atoms with Crippen molar-refractivity contribution in [2.45, 2.75) is 25.9 Å². The molecule has 1 aliphatic rings. The first-order valence-corrected chi connectivity index (χ1v) is 6.80. The Morgan fingerprint density at radius 2 is 2.14 bits per heavy atom. The molecule has 3 N–H and O–H groups in total. The Hall–Kier alpha value is -1.86. The molecule has 0 atom stereocenters. The van der Waals surface area contributed by atoms with Crippen molar-refractivity contribution in [2.75, 3.05) is 6.54 Å². The van der Waals surface area contributed by atoms with Crippen LogP contribution < -0.4 is 11.1 Å². The van der Waals surface area contributed by atoms with Crippen LogP contribution in [0.4, 0.5) is 4.39 Å². The van der Waals surface area contributed by atoms with Gasteiger partial charge in [-0.2, -0.15) is 0 Å². The summed E-state index contributed by atoms with van der Waals surface area (Å²) < 4.78 is 13.6. The molecule has 0 aromatic heterocycles. The first-order chi connectivity index (χ1) is 9.71. The van der Waals surface area contributed by atoms with Gasteiger partial charge in [0.05, 0.1) is 12.1 Å². The van der Waals surface area contributed by atoms with Crippen molar-refractivity contribution >= 4 is 29.0 Å². The number of hydrogen-bond donors (Lipinski definition) is 2. The molecule has 1 aromatic rings. The predicted molar refractivity (Wildman–Crippen MR) is 79.9 cm³/mol. The second-order valence-corrected chi connectivity index (χ2v) is 5.91. The molecule has 2 rings (SSSR count). The van der Waals surface area contributed by atoms with E-state index >= 15 is 0 Å². The van der Waals surface area contributed by atoms with Crippen molar-refractivity contribution in [1.82, 2.24) is 10.2 Å². The fourth-order valence-electron chi connectivity index (χ4n) is 2.17. The van der Waals surface area contributed by atoms with Crippen LogP contribution in [0.25, 0.3) is 0 Å². The van der Waals surface area contributed by atoms with Gasteiger partial charge in [-0.25, -0.2) is 4.39 Å². The standard InChI is InChI=1S/C14H16FN3O2S/c1-14(2)13(20)17-11(19)7-18(14)6-8-3-4-10(15)9(5-8)12(16)21/h3-5H,6-7H2,1-2H3,(H2,16,21)(H,17,19,20). The Labute approximate surface area is 127 Å². The number of nitrogens with zero attached hydrogens (tertiary/aromatic N) is 1. The lowest BCUT2D eigenvalue weighted by molar-refractivity contribution is -0.145. The predicted octanol–water partition coefficient (Wildman–Crippen LogP) is 0.697. The van der Waals surface area contributed by atoms with Crippen LogP contribution in [0, 0.1) is 5.82 Å². The molecule has 0 radical (unpaired) electrons. The fourth-order valence-corrected chi connectivity index (χ4v) is 2.32. The highest BCUT2D eigenvalue weighted by Gasteiger charge is 2.40. The molecule has 5 nitrogen and oxygen atoms in total. The largest absolute Gasteiger partial charge is 0.389 e. The van der Waals surface area contributed by atoms with E-state index in [1.165, 1.54) is 6.07 Å². The van der Waals surface area contributed by atoms with Crippen LogP contribution >= 0.6 is 12.2 Å². The van der Waals surface area contributed by atoms with Crippen LogP contribution in [0.2, 0.25) is 0 Å². The number of nitrogens with two attached hydrogens (primary N) is 1. The van der Waals surface area contributed by atoms with Crippen molar-refractivity contribution in [3.63, 3.8) is 0 Å². The van der Waals surface area contributed by atoms with E-state index in [1.54, 1.807) is 30.9 Å². The van der Waals surface area contributed by atoms with Crippen LogP contribution in [-0.2, 0) is 16.1 Å². The van der Waals surface area contributed by atoms with Gasteiger partial charge < -0.3 is 5.73 Å². The first kappa shape index (κ1) is 15.5. The number of nitrogens with one attached hydrogen (secondary N) is 1. The summed E-state index contributed by atoms with van der Waals surface area (Å²) in [7, 11) is 0. The highest BCUT2D eigenvalue weighted by atomic mass is 32.1. The number of rotatable bonds is 3. The van der Waals surface area contributed by atoms with Crippen molar-refractivity contribution in [1.29, 1.82) is 0 Å². The molecule has 1 aliphatic heterocycles.